The molecule has 2 aromatic heterocycles. The first-order valence-electron chi connectivity index (χ1n) is 8.64. The number of para-hydroxylation sites is 2. The number of likely N-dealkylation sites (N-methyl/N-ethyl adjacent to an activating group) is 1. The molecule has 130 valence electrons. The van der Waals surface area contributed by atoms with Crippen LogP contribution in [0, 0.1) is 6.92 Å². The summed E-state index contributed by atoms with van der Waals surface area (Å²) in [6.45, 7) is 4.11. The van der Waals surface area contributed by atoms with Gasteiger partial charge in [0, 0.05) is 44.2 Å². The maximum absolute atomic E-state index is 12.5. The van der Waals surface area contributed by atoms with Gasteiger partial charge in [0.2, 0.25) is 5.91 Å². The van der Waals surface area contributed by atoms with E-state index in [1.807, 2.05) is 48.5 Å². The SMILES string of the molecule is Cc1ccnc(C[C@H](C)N(C)C(=O)CCc2nc3ccccc3[nH]2)c1. The Morgan fingerprint density at radius 2 is 2.08 bits per heavy atom. The highest BCUT2D eigenvalue weighted by molar-refractivity contribution is 5.77. The largest absolute Gasteiger partial charge is 0.343 e. The molecule has 0 saturated heterocycles. The van der Waals surface area contributed by atoms with E-state index in [0.29, 0.717) is 12.8 Å². The average molecular weight is 336 g/mol. The van der Waals surface area contributed by atoms with Gasteiger partial charge >= 0.3 is 0 Å². The molecule has 1 atom stereocenters. The molecule has 0 spiro atoms. The van der Waals surface area contributed by atoms with E-state index in [-0.39, 0.29) is 11.9 Å². The summed E-state index contributed by atoms with van der Waals surface area (Å²) in [5.41, 5.74) is 4.16. The number of fused-ring (bicyclic) bond motifs is 1. The second-order valence-electron chi connectivity index (χ2n) is 6.58. The fourth-order valence-electron chi connectivity index (χ4n) is 2.92. The summed E-state index contributed by atoms with van der Waals surface area (Å²) >= 11 is 0. The number of aromatic nitrogens is 3. The van der Waals surface area contributed by atoms with Crippen molar-refractivity contribution < 1.29 is 4.79 Å². The molecule has 1 aromatic carbocycles. The van der Waals surface area contributed by atoms with Crippen molar-refractivity contribution in [2.75, 3.05) is 7.05 Å². The normalized spacial score (nSPS) is 12.3. The Kier molecular flexibility index (Phi) is 5.12. The number of H-pyrrole nitrogens is 1. The quantitative estimate of drug-likeness (QED) is 0.751. The van der Waals surface area contributed by atoms with Crippen LogP contribution in [0.25, 0.3) is 11.0 Å². The Hall–Kier alpha value is -2.69. The van der Waals surface area contributed by atoms with E-state index < -0.39 is 0 Å². The van der Waals surface area contributed by atoms with Crippen LogP contribution in [0.3, 0.4) is 0 Å². The lowest BCUT2D eigenvalue weighted by Gasteiger charge is -2.24. The number of imidazole rings is 1. The number of aromatic amines is 1. The zero-order chi connectivity index (χ0) is 17.8. The van der Waals surface area contributed by atoms with Crippen molar-refractivity contribution in [1.29, 1.82) is 0 Å². The number of amides is 1. The van der Waals surface area contributed by atoms with Crippen LogP contribution in [0.1, 0.15) is 30.4 Å². The number of carbonyl (C=O) groups is 1. The van der Waals surface area contributed by atoms with Gasteiger partial charge in [0.1, 0.15) is 5.82 Å². The predicted molar refractivity (Wildman–Crippen MR) is 99.3 cm³/mol. The molecule has 0 aliphatic rings. The first kappa shape index (κ1) is 17.1. The molecule has 2 heterocycles. The molecule has 5 nitrogen and oxygen atoms in total. The smallest absolute Gasteiger partial charge is 0.223 e. The summed E-state index contributed by atoms with van der Waals surface area (Å²) in [7, 11) is 1.86. The van der Waals surface area contributed by atoms with Crippen molar-refractivity contribution in [3.8, 4) is 0 Å². The van der Waals surface area contributed by atoms with Crippen molar-refractivity contribution >= 4 is 16.9 Å². The number of rotatable bonds is 6. The van der Waals surface area contributed by atoms with Gasteiger partial charge in [0.05, 0.1) is 11.0 Å². The van der Waals surface area contributed by atoms with Gasteiger partial charge in [-0.2, -0.15) is 0 Å². The number of hydrogen-bond acceptors (Lipinski definition) is 3. The summed E-state index contributed by atoms with van der Waals surface area (Å²) in [6, 6.07) is 12.1. The molecule has 5 heteroatoms. The molecule has 0 radical (unpaired) electrons. The Labute approximate surface area is 148 Å². The third kappa shape index (κ3) is 4.24. The number of pyridine rings is 1. The van der Waals surface area contributed by atoms with Crippen LogP contribution in [0.2, 0.25) is 0 Å². The number of aryl methyl sites for hydroxylation is 2. The second kappa shape index (κ2) is 7.47. The molecule has 0 aliphatic heterocycles. The summed E-state index contributed by atoms with van der Waals surface area (Å²) in [6.07, 6.45) is 3.64. The third-order valence-corrected chi connectivity index (χ3v) is 4.55. The van der Waals surface area contributed by atoms with Crippen LogP contribution in [0.5, 0.6) is 0 Å². The Morgan fingerprint density at radius 3 is 2.84 bits per heavy atom. The van der Waals surface area contributed by atoms with E-state index >= 15 is 0 Å². The van der Waals surface area contributed by atoms with Gasteiger partial charge < -0.3 is 9.88 Å². The molecule has 1 amide bonds. The lowest BCUT2D eigenvalue weighted by Crippen LogP contribution is -2.36. The minimum absolute atomic E-state index is 0.109. The summed E-state index contributed by atoms with van der Waals surface area (Å²) in [4.78, 5) is 26.5. The van der Waals surface area contributed by atoms with Crippen LogP contribution in [-0.2, 0) is 17.6 Å². The van der Waals surface area contributed by atoms with Gasteiger partial charge in [-0.25, -0.2) is 4.98 Å². The Bertz CT molecular complexity index is 838. The van der Waals surface area contributed by atoms with E-state index in [4.69, 9.17) is 0 Å². The van der Waals surface area contributed by atoms with Crippen LogP contribution >= 0.6 is 0 Å². The zero-order valence-corrected chi connectivity index (χ0v) is 15.0. The van der Waals surface area contributed by atoms with Crippen molar-refractivity contribution in [2.24, 2.45) is 0 Å². The van der Waals surface area contributed by atoms with Gasteiger partial charge in [-0.15, -0.1) is 0 Å². The maximum atomic E-state index is 12.5. The molecule has 0 unspecified atom stereocenters. The van der Waals surface area contributed by atoms with E-state index in [9.17, 15) is 4.79 Å². The number of nitrogens with one attached hydrogen (secondary N) is 1. The van der Waals surface area contributed by atoms with Crippen LogP contribution in [0.15, 0.2) is 42.6 Å². The number of carbonyl (C=O) groups excluding carboxylic acids is 1. The molecule has 3 aromatic rings. The summed E-state index contributed by atoms with van der Waals surface area (Å²) < 4.78 is 0. The lowest BCUT2D eigenvalue weighted by atomic mass is 10.1. The third-order valence-electron chi connectivity index (χ3n) is 4.55. The molecular formula is C20H24N4O. The second-order valence-corrected chi connectivity index (χ2v) is 6.58. The van der Waals surface area contributed by atoms with Gasteiger partial charge in [-0.1, -0.05) is 12.1 Å². The highest BCUT2D eigenvalue weighted by Gasteiger charge is 2.17. The van der Waals surface area contributed by atoms with E-state index in [1.165, 1.54) is 5.56 Å². The lowest BCUT2D eigenvalue weighted by molar-refractivity contribution is -0.131. The summed E-state index contributed by atoms with van der Waals surface area (Å²) in [5.74, 6) is 0.983. The van der Waals surface area contributed by atoms with Gasteiger partial charge in [-0.3, -0.25) is 9.78 Å². The fraction of sp³-hybridized carbons (Fsp3) is 0.350. The van der Waals surface area contributed by atoms with Crippen LogP contribution < -0.4 is 0 Å². The van der Waals surface area contributed by atoms with Crippen molar-refractivity contribution in [3.63, 3.8) is 0 Å². The maximum Gasteiger partial charge on any atom is 0.223 e. The van der Waals surface area contributed by atoms with Crippen molar-refractivity contribution in [1.82, 2.24) is 19.9 Å². The molecule has 0 saturated carbocycles. The fourth-order valence-corrected chi connectivity index (χ4v) is 2.92. The topological polar surface area (TPSA) is 61.9 Å². The number of nitrogens with zero attached hydrogens (tertiary/aromatic N) is 3. The van der Waals surface area contributed by atoms with Crippen molar-refractivity contribution in [2.45, 2.75) is 39.2 Å². The summed E-state index contributed by atoms with van der Waals surface area (Å²) in [5, 5.41) is 0. The molecule has 0 bridgehead atoms. The molecule has 25 heavy (non-hydrogen) atoms. The molecular weight excluding hydrogens is 312 g/mol. The van der Waals surface area contributed by atoms with E-state index in [2.05, 4.69) is 34.9 Å². The van der Waals surface area contributed by atoms with Gasteiger partial charge in [0.15, 0.2) is 0 Å². The van der Waals surface area contributed by atoms with Gasteiger partial charge in [-0.05, 0) is 43.7 Å². The number of benzene rings is 1. The van der Waals surface area contributed by atoms with Crippen LogP contribution in [0.4, 0.5) is 0 Å². The van der Waals surface area contributed by atoms with E-state index in [1.54, 1.807) is 0 Å². The Morgan fingerprint density at radius 1 is 1.28 bits per heavy atom. The van der Waals surface area contributed by atoms with E-state index in [0.717, 1.165) is 29.0 Å². The Balaban J connectivity index is 1.56. The first-order chi connectivity index (χ1) is 12.0. The molecule has 0 aliphatic carbocycles. The molecule has 3 rings (SSSR count). The predicted octanol–water partition coefficient (Wildman–Crippen LogP) is 3.29. The minimum Gasteiger partial charge on any atom is -0.343 e. The average Bonchev–Trinajstić information content (AvgIpc) is 3.02. The zero-order valence-electron chi connectivity index (χ0n) is 15.0. The molecule has 1 N–H and O–H groups in total. The first-order valence-corrected chi connectivity index (χ1v) is 8.64. The standard InChI is InChI=1S/C20H24N4O/c1-14-10-11-21-16(12-14)13-15(2)24(3)20(25)9-8-19-22-17-6-4-5-7-18(17)23-19/h4-7,10-12,15H,8-9,13H2,1-3H3,(H,22,23)/t15-/m0/s1. The highest BCUT2D eigenvalue weighted by Crippen LogP contribution is 2.13. The number of hydrogen-bond donors (Lipinski definition) is 1. The highest BCUT2D eigenvalue weighted by atomic mass is 16.2. The van der Waals surface area contributed by atoms with Crippen LogP contribution in [-0.4, -0.2) is 38.8 Å². The molecule has 0 fully saturated rings. The van der Waals surface area contributed by atoms with Gasteiger partial charge in [0.25, 0.3) is 0 Å². The monoisotopic (exact) mass is 336 g/mol. The minimum atomic E-state index is 0.109. The van der Waals surface area contributed by atoms with Crippen molar-refractivity contribution in [3.05, 3.63) is 59.7 Å².